The summed E-state index contributed by atoms with van der Waals surface area (Å²) in [5.41, 5.74) is 4.03. The molecule has 10 heteroatoms. The number of carbonyl (C=O) groups is 2. The van der Waals surface area contributed by atoms with Gasteiger partial charge in [0.2, 0.25) is 0 Å². The minimum Gasteiger partial charge on any atom is -0.475 e. The largest absolute Gasteiger partial charge is 0.490 e. The number of hydrogen-bond acceptors (Lipinski definition) is 5. The van der Waals surface area contributed by atoms with Gasteiger partial charge in [0.25, 0.3) is 5.91 Å². The Balaban J connectivity index is 0.000000406. The molecule has 0 atom stereocenters. The van der Waals surface area contributed by atoms with Gasteiger partial charge in [-0.25, -0.2) is 9.78 Å². The molecule has 0 bridgehead atoms. The number of hydrogen-bond donors (Lipinski definition) is 1. The van der Waals surface area contributed by atoms with Crippen LogP contribution in [0.5, 0.6) is 0 Å². The molecule has 1 aromatic carbocycles. The first-order valence-corrected chi connectivity index (χ1v) is 11.0. The third kappa shape index (κ3) is 6.47. The van der Waals surface area contributed by atoms with E-state index in [1.165, 1.54) is 18.4 Å². The number of carboxylic acids is 1. The van der Waals surface area contributed by atoms with E-state index in [9.17, 15) is 18.0 Å². The highest BCUT2D eigenvalue weighted by atomic mass is 19.4. The first kappa shape index (κ1) is 25.5. The first-order chi connectivity index (χ1) is 16.0. The minimum absolute atomic E-state index is 0.0209. The third-order valence-corrected chi connectivity index (χ3v) is 5.87. The van der Waals surface area contributed by atoms with Gasteiger partial charge in [-0.1, -0.05) is 12.1 Å². The van der Waals surface area contributed by atoms with E-state index in [4.69, 9.17) is 14.9 Å². The fraction of sp³-hybridized carbons (Fsp3) is 0.458. The number of nitrogens with zero attached hydrogens (tertiary/aromatic N) is 4. The zero-order chi connectivity index (χ0) is 25.0. The van der Waals surface area contributed by atoms with Crippen LogP contribution in [-0.4, -0.2) is 84.3 Å². The number of rotatable bonds is 4. The predicted molar refractivity (Wildman–Crippen MR) is 123 cm³/mol. The lowest BCUT2D eigenvalue weighted by atomic mass is 10.0. The van der Waals surface area contributed by atoms with Gasteiger partial charge in [0.05, 0.1) is 0 Å². The van der Waals surface area contributed by atoms with Crippen molar-refractivity contribution < 1.29 is 27.9 Å². The van der Waals surface area contributed by atoms with Crippen LogP contribution in [0.25, 0.3) is 11.1 Å². The summed E-state index contributed by atoms with van der Waals surface area (Å²) >= 11 is 0. The number of aryl methyl sites for hydroxylation is 1. The van der Waals surface area contributed by atoms with Crippen molar-refractivity contribution in [2.45, 2.75) is 32.0 Å². The van der Waals surface area contributed by atoms with E-state index in [1.807, 2.05) is 30.5 Å². The number of anilines is 1. The smallest absolute Gasteiger partial charge is 0.475 e. The van der Waals surface area contributed by atoms with Crippen LogP contribution in [0.3, 0.4) is 0 Å². The van der Waals surface area contributed by atoms with Crippen molar-refractivity contribution in [3.63, 3.8) is 0 Å². The Morgan fingerprint density at radius 3 is 2.21 bits per heavy atom. The zero-order valence-corrected chi connectivity index (χ0v) is 19.5. The third-order valence-electron chi connectivity index (χ3n) is 5.87. The molecule has 1 N–H and O–H groups in total. The highest BCUT2D eigenvalue weighted by Crippen LogP contribution is 2.30. The van der Waals surface area contributed by atoms with Crippen LogP contribution < -0.4 is 4.90 Å². The van der Waals surface area contributed by atoms with Crippen molar-refractivity contribution in [2.75, 3.05) is 45.2 Å². The van der Waals surface area contributed by atoms with Gasteiger partial charge >= 0.3 is 12.1 Å². The van der Waals surface area contributed by atoms with Gasteiger partial charge in [-0.2, -0.15) is 13.2 Å². The molecule has 0 spiro atoms. The molecule has 1 amide bonds. The van der Waals surface area contributed by atoms with Gasteiger partial charge in [0, 0.05) is 63.6 Å². The fourth-order valence-corrected chi connectivity index (χ4v) is 3.85. The normalized spacial score (nSPS) is 16.5. The average molecular weight is 479 g/mol. The maximum absolute atomic E-state index is 12.3. The molecule has 184 valence electrons. The van der Waals surface area contributed by atoms with Crippen LogP contribution in [0.4, 0.5) is 19.0 Å². The van der Waals surface area contributed by atoms with Gasteiger partial charge in [-0.3, -0.25) is 9.69 Å². The minimum atomic E-state index is -5.08. The van der Waals surface area contributed by atoms with E-state index in [0.717, 1.165) is 49.2 Å². The summed E-state index contributed by atoms with van der Waals surface area (Å²) < 4.78 is 31.7. The van der Waals surface area contributed by atoms with E-state index >= 15 is 0 Å². The van der Waals surface area contributed by atoms with Gasteiger partial charge in [-0.15, -0.1) is 0 Å². The van der Waals surface area contributed by atoms with Crippen LogP contribution in [0, 0.1) is 6.92 Å². The van der Waals surface area contributed by atoms with Crippen LogP contribution >= 0.6 is 0 Å². The molecule has 1 aliphatic heterocycles. The fourth-order valence-electron chi connectivity index (χ4n) is 3.85. The Morgan fingerprint density at radius 2 is 1.71 bits per heavy atom. The number of aliphatic carboxylic acids is 1. The Kier molecular flexibility index (Phi) is 7.81. The van der Waals surface area contributed by atoms with Crippen molar-refractivity contribution in [2.24, 2.45) is 0 Å². The molecular weight excluding hydrogens is 449 g/mol. The summed E-state index contributed by atoms with van der Waals surface area (Å²) in [6, 6.07) is 10.8. The second-order valence-electron chi connectivity index (χ2n) is 8.69. The Hall–Kier alpha value is -3.14. The number of benzene rings is 1. The van der Waals surface area contributed by atoms with Crippen LogP contribution in [0.15, 0.2) is 36.5 Å². The molecule has 0 radical (unpaired) electrons. The summed E-state index contributed by atoms with van der Waals surface area (Å²) in [6.07, 6.45) is -0.375. The van der Waals surface area contributed by atoms with Crippen molar-refractivity contribution in [1.29, 1.82) is 0 Å². The SMILES string of the molecule is Cc1cc(N2CCN(C3CC3)CC2)ncc1-c1cccc(C(=O)N(C)C)c1.O=C(O)C(F)(F)F. The summed E-state index contributed by atoms with van der Waals surface area (Å²) in [5.74, 6) is -1.67. The van der Waals surface area contributed by atoms with Gasteiger partial charge in [-0.05, 0) is 49.1 Å². The Labute approximate surface area is 196 Å². The second-order valence-corrected chi connectivity index (χ2v) is 8.69. The number of aromatic nitrogens is 1. The highest BCUT2D eigenvalue weighted by Gasteiger charge is 2.38. The highest BCUT2D eigenvalue weighted by molar-refractivity contribution is 5.95. The van der Waals surface area contributed by atoms with E-state index in [1.54, 1.807) is 19.0 Å². The average Bonchev–Trinajstić information content (AvgIpc) is 3.64. The Morgan fingerprint density at radius 1 is 1.09 bits per heavy atom. The van der Waals surface area contributed by atoms with E-state index in [-0.39, 0.29) is 5.91 Å². The van der Waals surface area contributed by atoms with E-state index < -0.39 is 12.1 Å². The molecule has 2 heterocycles. The standard InChI is InChI=1S/C22H28N4O.C2HF3O2/c1-16-13-21(26-11-9-25(10-12-26)19-7-8-19)23-15-20(16)17-5-4-6-18(14-17)22(27)24(2)3;3-2(4,5)1(6)7/h4-6,13-15,19H,7-12H2,1-3H3;(H,6,7). The van der Waals surface area contributed by atoms with E-state index in [0.29, 0.717) is 5.56 Å². The summed E-state index contributed by atoms with van der Waals surface area (Å²) in [5, 5.41) is 7.12. The van der Waals surface area contributed by atoms with Crippen molar-refractivity contribution in [1.82, 2.24) is 14.8 Å². The molecule has 2 aromatic rings. The quantitative estimate of drug-likeness (QED) is 0.723. The molecule has 0 unspecified atom stereocenters. The Bertz CT molecular complexity index is 1030. The van der Waals surface area contributed by atoms with Crippen LogP contribution in [0.1, 0.15) is 28.8 Å². The molecule has 1 saturated heterocycles. The number of carboxylic acid groups (broad SMARTS) is 1. The molecule has 4 rings (SSSR count). The molecule has 2 fully saturated rings. The zero-order valence-electron chi connectivity index (χ0n) is 19.5. The molecule has 2 aliphatic rings. The summed E-state index contributed by atoms with van der Waals surface area (Å²) in [4.78, 5) is 32.5. The summed E-state index contributed by atoms with van der Waals surface area (Å²) in [7, 11) is 3.55. The first-order valence-electron chi connectivity index (χ1n) is 11.0. The van der Waals surface area contributed by atoms with Gasteiger partial charge in [0.15, 0.2) is 0 Å². The monoisotopic (exact) mass is 478 g/mol. The molecule has 34 heavy (non-hydrogen) atoms. The van der Waals surface area contributed by atoms with Crippen LogP contribution in [0.2, 0.25) is 0 Å². The number of carbonyl (C=O) groups excluding carboxylic acids is 1. The summed E-state index contributed by atoms with van der Waals surface area (Å²) in [6.45, 7) is 6.51. The number of pyridine rings is 1. The second kappa shape index (κ2) is 10.4. The molecule has 1 aromatic heterocycles. The lowest BCUT2D eigenvalue weighted by Crippen LogP contribution is -2.47. The number of alkyl halides is 3. The lowest BCUT2D eigenvalue weighted by Gasteiger charge is -2.35. The van der Waals surface area contributed by atoms with Crippen molar-refractivity contribution in [3.8, 4) is 11.1 Å². The molecule has 1 aliphatic carbocycles. The number of amides is 1. The van der Waals surface area contributed by atoms with Gasteiger partial charge in [0.1, 0.15) is 5.82 Å². The molecule has 7 nitrogen and oxygen atoms in total. The van der Waals surface area contributed by atoms with Gasteiger partial charge < -0.3 is 14.9 Å². The number of halogens is 3. The molecular formula is C24H29F3N4O3. The van der Waals surface area contributed by atoms with Crippen molar-refractivity contribution >= 4 is 17.7 Å². The predicted octanol–water partition coefficient (Wildman–Crippen LogP) is 3.68. The number of piperazine rings is 1. The topological polar surface area (TPSA) is 77.0 Å². The molecule has 1 saturated carbocycles. The lowest BCUT2D eigenvalue weighted by molar-refractivity contribution is -0.192. The van der Waals surface area contributed by atoms with E-state index in [2.05, 4.69) is 22.8 Å². The maximum atomic E-state index is 12.3. The van der Waals surface area contributed by atoms with Crippen molar-refractivity contribution in [3.05, 3.63) is 47.7 Å². The maximum Gasteiger partial charge on any atom is 0.490 e. The van der Waals surface area contributed by atoms with Crippen LogP contribution in [-0.2, 0) is 4.79 Å².